The molecule has 0 bridgehead atoms. The number of rotatable bonds is 4. The van der Waals surface area contributed by atoms with Crippen molar-refractivity contribution in [3.8, 4) is 0 Å². The van der Waals surface area contributed by atoms with Crippen LogP contribution in [0.5, 0.6) is 0 Å². The quantitative estimate of drug-likeness (QED) is 0.823. The number of carbonyl (C=O) groups is 1. The number of methoxy groups -OCH3 is 1. The number of aromatic nitrogens is 1. The molecule has 0 aliphatic carbocycles. The predicted octanol–water partition coefficient (Wildman–Crippen LogP) is 4.22. The molecule has 1 saturated heterocycles. The smallest absolute Gasteiger partial charge is 0.256 e. The van der Waals surface area contributed by atoms with Crippen molar-refractivity contribution in [3.63, 3.8) is 0 Å². The number of carbonyl (C=O) groups excluding carboxylic acids is 1. The molecule has 0 saturated carbocycles. The zero-order chi connectivity index (χ0) is 16.4. The molecule has 23 heavy (non-hydrogen) atoms. The second-order valence-electron chi connectivity index (χ2n) is 5.86. The maximum absolute atomic E-state index is 12.9. The molecule has 0 unspecified atom stereocenters. The second kappa shape index (κ2) is 7.12. The fourth-order valence-corrected chi connectivity index (χ4v) is 3.73. The number of piperidine rings is 1. The van der Waals surface area contributed by atoms with Crippen molar-refractivity contribution in [2.45, 2.75) is 25.8 Å². The van der Waals surface area contributed by atoms with Gasteiger partial charge in [-0.15, -0.1) is 0 Å². The highest BCUT2D eigenvalue weighted by molar-refractivity contribution is 6.39. The van der Waals surface area contributed by atoms with E-state index in [0.29, 0.717) is 28.8 Å². The molecule has 1 aromatic carbocycles. The van der Waals surface area contributed by atoms with E-state index in [4.69, 9.17) is 27.9 Å². The first-order chi connectivity index (χ1) is 11.1. The van der Waals surface area contributed by atoms with Crippen LogP contribution in [0, 0.1) is 0 Å². The summed E-state index contributed by atoms with van der Waals surface area (Å²) in [5, 5.41) is 1.86. The Labute approximate surface area is 145 Å². The van der Waals surface area contributed by atoms with Crippen molar-refractivity contribution >= 4 is 40.0 Å². The molecule has 1 amide bonds. The fraction of sp³-hybridized carbons (Fsp3) is 0.471. The summed E-state index contributed by atoms with van der Waals surface area (Å²) in [4.78, 5) is 14.8. The van der Waals surface area contributed by atoms with Gasteiger partial charge in [-0.3, -0.25) is 4.79 Å². The van der Waals surface area contributed by atoms with Crippen LogP contribution in [0.25, 0.3) is 10.9 Å². The third kappa shape index (κ3) is 3.35. The Morgan fingerprint density at radius 1 is 1.22 bits per heavy atom. The number of amides is 1. The van der Waals surface area contributed by atoms with Gasteiger partial charge in [-0.25, -0.2) is 0 Å². The summed E-state index contributed by atoms with van der Waals surface area (Å²) < 4.78 is 7.15. The number of likely N-dealkylation sites (tertiary alicyclic amines) is 1. The van der Waals surface area contributed by atoms with Crippen LogP contribution < -0.4 is 0 Å². The Bertz CT molecular complexity index is 721. The largest absolute Gasteiger partial charge is 0.383 e. The Morgan fingerprint density at radius 2 is 1.96 bits per heavy atom. The van der Waals surface area contributed by atoms with Gasteiger partial charge in [0.15, 0.2) is 0 Å². The van der Waals surface area contributed by atoms with Gasteiger partial charge >= 0.3 is 0 Å². The highest BCUT2D eigenvalue weighted by atomic mass is 35.5. The predicted molar refractivity (Wildman–Crippen MR) is 93.6 cm³/mol. The van der Waals surface area contributed by atoms with Gasteiger partial charge in [-0.2, -0.15) is 0 Å². The van der Waals surface area contributed by atoms with E-state index >= 15 is 0 Å². The van der Waals surface area contributed by atoms with E-state index in [1.165, 1.54) is 6.42 Å². The minimum Gasteiger partial charge on any atom is -0.383 e. The van der Waals surface area contributed by atoms with Crippen molar-refractivity contribution < 1.29 is 9.53 Å². The molecule has 6 heteroatoms. The monoisotopic (exact) mass is 354 g/mol. The maximum atomic E-state index is 12.9. The highest BCUT2D eigenvalue weighted by Crippen LogP contribution is 2.33. The number of hydrogen-bond donors (Lipinski definition) is 0. The Balaban J connectivity index is 2.06. The number of hydrogen-bond acceptors (Lipinski definition) is 2. The molecule has 1 fully saturated rings. The standard InChI is InChI=1S/C17H20Cl2N2O2/c1-23-8-7-21-11-13(17(22)20-5-3-2-4-6-20)16-14(19)9-12(18)10-15(16)21/h9-11H,2-8H2,1H3. The van der Waals surface area contributed by atoms with Crippen molar-refractivity contribution in [1.29, 1.82) is 0 Å². The number of nitrogens with zero attached hydrogens (tertiary/aromatic N) is 2. The summed E-state index contributed by atoms with van der Waals surface area (Å²) >= 11 is 12.5. The van der Waals surface area contributed by atoms with Crippen molar-refractivity contribution in [1.82, 2.24) is 9.47 Å². The lowest BCUT2D eigenvalue weighted by molar-refractivity contribution is 0.0726. The summed E-state index contributed by atoms with van der Waals surface area (Å²) in [5.74, 6) is 0.0510. The van der Waals surface area contributed by atoms with E-state index in [2.05, 4.69) is 0 Å². The molecular weight excluding hydrogens is 335 g/mol. The molecular formula is C17H20Cl2N2O2. The molecule has 2 heterocycles. The molecule has 4 nitrogen and oxygen atoms in total. The van der Waals surface area contributed by atoms with Gasteiger partial charge < -0.3 is 14.2 Å². The van der Waals surface area contributed by atoms with Gasteiger partial charge in [-0.05, 0) is 31.4 Å². The van der Waals surface area contributed by atoms with Crippen LogP contribution in [0.15, 0.2) is 18.3 Å². The molecule has 2 aromatic rings. The minimum atomic E-state index is 0.0510. The van der Waals surface area contributed by atoms with Crippen LogP contribution in [0.3, 0.4) is 0 Å². The van der Waals surface area contributed by atoms with Crippen LogP contribution in [-0.4, -0.2) is 42.2 Å². The summed E-state index contributed by atoms with van der Waals surface area (Å²) in [6.07, 6.45) is 5.19. The zero-order valence-corrected chi connectivity index (χ0v) is 14.7. The summed E-state index contributed by atoms with van der Waals surface area (Å²) in [6.45, 7) is 2.84. The Morgan fingerprint density at radius 3 is 2.65 bits per heavy atom. The van der Waals surface area contributed by atoms with Gasteiger partial charge in [0.2, 0.25) is 0 Å². The molecule has 1 aliphatic rings. The lowest BCUT2D eigenvalue weighted by atomic mass is 10.1. The fourth-order valence-electron chi connectivity index (χ4n) is 3.15. The van der Waals surface area contributed by atoms with Gasteiger partial charge in [-0.1, -0.05) is 23.2 Å². The SMILES string of the molecule is COCCn1cc(C(=O)N2CCCCC2)c2c(Cl)cc(Cl)cc21. The average molecular weight is 355 g/mol. The molecule has 0 N–H and O–H groups in total. The van der Waals surface area contributed by atoms with Crippen LogP contribution in [0.4, 0.5) is 0 Å². The third-order valence-electron chi connectivity index (χ3n) is 4.31. The molecule has 1 aliphatic heterocycles. The van der Waals surface area contributed by atoms with Crippen LogP contribution in [-0.2, 0) is 11.3 Å². The first kappa shape index (κ1) is 16.6. The number of benzene rings is 1. The average Bonchev–Trinajstić information content (AvgIpc) is 2.92. The highest BCUT2D eigenvalue weighted by Gasteiger charge is 2.24. The van der Waals surface area contributed by atoms with E-state index in [9.17, 15) is 4.79 Å². The number of fused-ring (bicyclic) bond motifs is 1. The minimum absolute atomic E-state index is 0.0510. The van der Waals surface area contributed by atoms with Gasteiger partial charge in [0.1, 0.15) is 0 Å². The lowest BCUT2D eigenvalue weighted by Gasteiger charge is -2.26. The van der Waals surface area contributed by atoms with Crippen molar-refractivity contribution in [3.05, 3.63) is 33.9 Å². The Hall–Kier alpha value is -1.23. The molecule has 124 valence electrons. The van der Waals surface area contributed by atoms with Crippen molar-refractivity contribution in [2.75, 3.05) is 26.8 Å². The van der Waals surface area contributed by atoms with Crippen LogP contribution in [0.2, 0.25) is 10.0 Å². The van der Waals surface area contributed by atoms with Gasteiger partial charge in [0, 0.05) is 43.3 Å². The maximum Gasteiger partial charge on any atom is 0.256 e. The van der Waals surface area contributed by atoms with Crippen molar-refractivity contribution in [2.24, 2.45) is 0 Å². The Kier molecular flexibility index (Phi) is 5.14. The lowest BCUT2D eigenvalue weighted by Crippen LogP contribution is -2.35. The summed E-state index contributed by atoms with van der Waals surface area (Å²) in [7, 11) is 1.66. The van der Waals surface area contributed by atoms with Crippen LogP contribution >= 0.6 is 23.2 Å². The first-order valence-corrected chi connectivity index (χ1v) is 8.63. The second-order valence-corrected chi connectivity index (χ2v) is 6.71. The third-order valence-corrected chi connectivity index (χ3v) is 4.82. The summed E-state index contributed by atoms with van der Waals surface area (Å²) in [5.41, 5.74) is 1.53. The molecule has 0 spiro atoms. The molecule has 1 aromatic heterocycles. The molecule has 0 atom stereocenters. The topological polar surface area (TPSA) is 34.5 Å². The van der Waals surface area contributed by atoms with E-state index in [-0.39, 0.29) is 5.91 Å². The number of halogens is 2. The number of ether oxygens (including phenoxy) is 1. The van der Waals surface area contributed by atoms with Gasteiger partial charge in [0.25, 0.3) is 5.91 Å². The molecule has 3 rings (SSSR count). The molecule has 0 radical (unpaired) electrons. The van der Waals surface area contributed by atoms with E-state index in [1.807, 2.05) is 21.7 Å². The zero-order valence-electron chi connectivity index (χ0n) is 13.1. The van der Waals surface area contributed by atoms with Gasteiger partial charge in [0.05, 0.1) is 22.7 Å². The van der Waals surface area contributed by atoms with E-state index < -0.39 is 0 Å². The van der Waals surface area contributed by atoms with Crippen LogP contribution in [0.1, 0.15) is 29.6 Å². The summed E-state index contributed by atoms with van der Waals surface area (Å²) in [6, 6.07) is 3.55. The first-order valence-electron chi connectivity index (χ1n) is 7.88. The van der Waals surface area contributed by atoms with E-state index in [0.717, 1.165) is 36.8 Å². The van der Waals surface area contributed by atoms with E-state index in [1.54, 1.807) is 13.2 Å². The normalized spacial score (nSPS) is 15.3.